The molecule has 0 aliphatic carbocycles. The number of morpholine rings is 1. The zero-order valence-electron chi connectivity index (χ0n) is 10.5. The Morgan fingerprint density at radius 3 is 2.84 bits per heavy atom. The van der Waals surface area contributed by atoms with E-state index in [0.717, 1.165) is 12.1 Å². The van der Waals surface area contributed by atoms with E-state index < -0.39 is 29.7 Å². The first-order valence-corrected chi connectivity index (χ1v) is 6.02. The second kappa shape index (κ2) is 5.63. The van der Waals surface area contributed by atoms with Crippen LogP contribution in [0.3, 0.4) is 0 Å². The summed E-state index contributed by atoms with van der Waals surface area (Å²) in [5.41, 5.74) is 0.515. The fourth-order valence-corrected chi connectivity index (χ4v) is 2.09. The molecule has 0 bridgehead atoms. The Labute approximate surface area is 109 Å². The Hall–Kier alpha value is -1.53. The number of carboxylic acid groups (broad SMARTS) is 1. The summed E-state index contributed by atoms with van der Waals surface area (Å²) in [7, 11) is 0. The fourth-order valence-electron chi connectivity index (χ4n) is 2.09. The standard InChI is InChI=1S/C13H15F2NO3/c1-8(13(17)18)16-4-5-19-12(7-16)9-2-3-10(14)11(15)6-9/h2-3,6,8,12H,4-5,7H2,1H3,(H,17,18)/t8-,12-/m1/s1. The van der Waals surface area contributed by atoms with Crippen LogP contribution >= 0.6 is 0 Å². The lowest BCUT2D eigenvalue weighted by Gasteiger charge is -2.35. The van der Waals surface area contributed by atoms with Crippen LogP contribution in [0.25, 0.3) is 0 Å². The lowest BCUT2D eigenvalue weighted by atomic mass is 10.1. The van der Waals surface area contributed by atoms with Gasteiger partial charge in [-0.15, -0.1) is 0 Å². The normalized spacial score (nSPS) is 22.2. The van der Waals surface area contributed by atoms with Crippen molar-refractivity contribution in [3.8, 4) is 0 Å². The van der Waals surface area contributed by atoms with Crippen LogP contribution < -0.4 is 0 Å². The molecule has 1 saturated heterocycles. The monoisotopic (exact) mass is 271 g/mol. The highest BCUT2D eigenvalue weighted by atomic mass is 19.2. The van der Waals surface area contributed by atoms with Crippen LogP contribution in [0.15, 0.2) is 18.2 Å². The van der Waals surface area contributed by atoms with E-state index >= 15 is 0 Å². The largest absolute Gasteiger partial charge is 0.480 e. The number of hydrogen-bond acceptors (Lipinski definition) is 3. The van der Waals surface area contributed by atoms with Gasteiger partial charge in [0.15, 0.2) is 11.6 Å². The van der Waals surface area contributed by atoms with Crippen molar-refractivity contribution >= 4 is 5.97 Å². The van der Waals surface area contributed by atoms with Crippen LogP contribution in [0.1, 0.15) is 18.6 Å². The number of nitrogens with zero attached hydrogens (tertiary/aromatic N) is 1. The molecule has 1 heterocycles. The van der Waals surface area contributed by atoms with Crippen molar-refractivity contribution in [3.63, 3.8) is 0 Å². The molecule has 0 amide bonds. The molecule has 19 heavy (non-hydrogen) atoms. The van der Waals surface area contributed by atoms with Crippen molar-refractivity contribution < 1.29 is 23.4 Å². The van der Waals surface area contributed by atoms with E-state index in [-0.39, 0.29) is 0 Å². The predicted molar refractivity (Wildman–Crippen MR) is 63.7 cm³/mol. The Kier molecular flexibility index (Phi) is 4.11. The van der Waals surface area contributed by atoms with Gasteiger partial charge in [0.05, 0.1) is 12.7 Å². The van der Waals surface area contributed by atoms with Crippen molar-refractivity contribution in [2.75, 3.05) is 19.7 Å². The summed E-state index contributed by atoms with van der Waals surface area (Å²) in [5, 5.41) is 8.98. The molecule has 1 aromatic carbocycles. The van der Waals surface area contributed by atoms with Crippen LogP contribution in [0, 0.1) is 11.6 Å². The van der Waals surface area contributed by atoms with Gasteiger partial charge in [0, 0.05) is 13.1 Å². The van der Waals surface area contributed by atoms with Crippen LogP contribution in [-0.4, -0.2) is 41.7 Å². The van der Waals surface area contributed by atoms with E-state index in [1.807, 2.05) is 0 Å². The topological polar surface area (TPSA) is 49.8 Å². The molecule has 104 valence electrons. The Bertz CT molecular complexity index is 481. The lowest BCUT2D eigenvalue weighted by molar-refractivity contribution is -0.145. The van der Waals surface area contributed by atoms with Gasteiger partial charge in [0.25, 0.3) is 0 Å². The highest BCUT2D eigenvalue weighted by Crippen LogP contribution is 2.24. The molecule has 1 N–H and O–H groups in total. The Morgan fingerprint density at radius 2 is 2.21 bits per heavy atom. The number of carbonyl (C=O) groups is 1. The maximum absolute atomic E-state index is 13.2. The van der Waals surface area contributed by atoms with Gasteiger partial charge in [-0.3, -0.25) is 9.69 Å². The molecule has 6 heteroatoms. The van der Waals surface area contributed by atoms with Gasteiger partial charge < -0.3 is 9.84 Å². The molecule has 0 unspecified atom stereocenters. The molecular weight excluding hydrogens is 256 g/mol. The van der Waals surface area contributed by atoms with Gasteiger partial charge in [-0.25, -0.2) is 8.78 Å². The number of carboxylic acids is 1. The molecule has 0 aromatic heterocycles. The van der Waals surface area contributed by atoms with Crippen LogP contribution in [0.2, 0.25) is 0 Å². The average molecular weight is 271 g/mol. The Morgan fingerprint density at radius 1 is 1.47 bits per heavy atom. The van der Waals surface area contributed by atoms with Crippen LogP contribution in [0.5, 0.6) is 0 Å². The summed E-state index contributed by atoms with van der Waals surface area (Å²) in [5.74, 6) is -2.74. The number of aliphatic carboxylic acids is 1. The molecule has 2 rings (SSSR count). The van der Waals surface area contributed by atoms with Gasteiger partial charge >= 0.3 is 5.97 Å². The molecular formula is C13H15F2NO3. The molecule has 1 aliphatic rings. The first-order chi connectivity index (χ1) is 8.99. The average Bonchev–Trinajstić information content (AvgIpc) is 2.41. The minimum atomic E-state index is -0.926. The van der Waals surface area contributed by atoms with Gasteiger partial charge in [0.2, 0.25) is 0 Å². The quantitative estimate of drug-likeness (QED) is 0.911. The molecule has 1 aliphatic heterocycles. The highest BCUT2D eigenvalue weighted by molar-refractivity contribution is 5.72. The molecule has 0 radical (unpaired) electrons. The molecule has 0 spiro atoms. The SMILES string of the molecule is C[C@H](C(=O)O)N1CCO[C@@H](c2ccc(F)c(F)c2)C1. The summed E-state index contributed by atoms with van der Waals surface area (Å²) in [6.07, 6.45) is -0.439. The number of ether oxygens (including phenoxy) is 1. The maximum Gasteiger partial charge on any atom is 0.320 e. The van der Waals surface area contributed by atoms with E-state index in [0.29, 0.717) is 25.3 Å². The third-order valence-electron chi connectivity index (χ3n) is 3.32. The van der Waals surface area contributed by atoms with E-state index in [1.54, 1.807) is 11.8 Å². The second-order valence-electron chi connectivity index (χ2n) is 4.54. The summed E-state index contributed by atoms with van der Waals surface area (Å²) in [6.45, 7) is 2.81. The van der Waals surface area contributed by atoms with Crippen LogP contribution in [0.4, 0.5) is 8.78 Å². The molecule has 2 atom stereocenters. The minimum Gasteiger partial charge on any atom is -0.480 e. The second-order valence-corrected chi connectivity index (χ2v) is 4.54. The van der Waals surface area contributed by atoms with E-state index in [1.165, 1.54) is 6.07 Å². The third-order valence-corrected chi connectivity index (χ3v) is 3.32. The first kappa shape index (κ1) is 13.9. The summed E-state index contributed by atoms with van der Waals surface area (Å²) >= 11 is 0. The van der Waals surface area contributed by atoms with Crippen molar-refractivity contribution in [2.24, 2.45) is 0 Å². The summed E-state index contributed by atoms with van der Waals surface area (Å²) < 4.78 is 31.5. The molecule has 0 saturated carbocycles. The van der Waals surface area contributed by atoms with Crippen molar-refractivity contribution in [1.29, 1.82) is 0 Å². The number of halogens is 2. The fraction of sp³-hybridized carbons (Fsp3) is 0.462. The predicted octanol–water partition coefficient (Wildman–Crippen LogP) is 1.81. The van der Waals surface area contributed by atoms with Crippen molar-refractivity contribution in [2.45, 2.75) is 19.1 Å². The zero-order valence-corrected chi connectivity index (χ0v) is 10.5. The smallest absolute Gasteiger partial charge is 0.320 e. The first-order valence-electron chi connectivity index (χ1n) is 6.02. The zero-order chi connectivity index (χ0) is 14.0. The maximum atomic E-state index is 13.2. The van der Waals surface area contributed by atoms with E-state index in [9.17, 15) is 13.6 Å². The van der Waals surface area contributed by atoms with Crippen molar-refractivity contribution in [1.82, 2.24) is 4.90 Å². The summed E-state index contributed by atoms with van der Waals surface area (Å²) in [4.78, 5) is 12.7. The number of benzene rings is 1. The number of rotatable bonds is 3. The lowest BCUT2D eigenvalue weighted by Crippen LogP contribution is -2.46. The van der Waals surface area contributed by atoms with Gasteiger partial charge in [-0.2, -0.15) is 0 Å². The minimum absolute atomic E-state index is 0.346. The van der Waals surface area contributed by atoms with Gasteiger partial charge in [0.1, 0.15) is 6.04 Å². The Balaban J connectivity index is 2.12. The van der Waals surface area contributed by atoms with Crippen molar-refractivity contribution in [3.05, 3.63) is 35.4 Å². The molecule has 4 nitrogen and oxygen atoms in total. The van der Waals surface area contributed by atoms with E-state index in [4.69, 9.17) is 9.84 Å². The summed E-state index contributed by atoms with van der Waals surface area (Å²) in [6, 6.07) is 2.97. The number of hydrogen-bond donors (Lipinski definition) is 1. The van der Waals surface area contributed by atoms with Gasteiger partial charge in [-0.05, 0) is 24.6 Å². The third kappa shape index (κ3) is 3.08. The highest BCUT2D eigenvalue weighted by Gasteiger charge is 2.28. The molecule has 1 fully saturated rings. The molecule has 1 aromatic rings. The van der Waals surface area contributed by atoms with E-state index in [2.05, 4.69) is 0 Å². The van der Waals surface area contributed by atoms with Gasteiger partial charge in [-0.1, -0.05) is 6.07 Å². The van der Waals surface area contributed by atoms with Crippen LogP contribution in [-0.2, 0) is 9.53 Å².